The summed E-state index contributed by atoms with van der Waals surface area (Å²) in [4.78, 5) is 32.7. The van der Waals surface area contributed by atoms with Crippen molar-refractivity contribution in [3.63, 3.8) is 0 Å². The number of carbonyl (C=O) groups excluding carboxylic acids is 2. The van der Waals surface area contributed by atoms with E-state index in [1.165, 1.54) is 10.6 Å². The standard InChI is InChI=1S/C46H46N2O2P/c49-45(47(35-39-19-7-1-8-20-39)36-40-21-9-2-10-22-40)31-33-51(43-27-15-5-16-28-43,44-29-17-6-18-30-44)34-32-46(50)48(37-41-23-11-3-12-24-41)38-42-25-13-4-14-26-42/h1-30H,31-38H2/q+1. The number of carbonyl (C=O) groups is 2. The number of nitrogens with zero attached hydrogens (tertiary/aromatic N) is 2. The molecule has 6 aromatic rings. The molecule has 6 rings (SSSR count). The first-order valence-corrected chi connectivity index (χ1v) is 19.9. The van der Waals surface area contributed by atoms with Crippen molar-refractivity contribution in [1.82, 2.24) is 9.80 Å². The summed E-state index contributed by atoms with van der Waals surface area (Å²) in [6.07, 6.45) is 2.15. The van der Waals surface area contributed by atoms with E-state index in [4.69, 9.17) is 0 Å². The van der Waals surface area contributed by atoms with E-state index >= 15 is 0 Å². The van der Waals surface area contributed by atoms with E-state index in [0.717, 1.165) is 22.3 Å². The topological polar surface area (TPSA) is 40.6 Å². The predicted octanol–water partition coefficient (Wildman–Crippen LogP) is 8.89. The quantitative estimate of drug-likeness (QED) is 0.0953. The highest BCUT2D eigenvalue weighted by Gasteiger charge is 2.43. The van der Waals surface area contributed by atoms with Crippen molar-refractivity contribution in [2.75, 3.05) is 12.3 Å². The largest absolute Gasteiger partial charge is 0.334 e. The summed E-state index contributed by atoms with van der Waals surface area (Å²) < 4.78 is 0. The average Bonchev–Trinajstić information content (AvgIpc) is 3.19. The minimum Gasteiger partial charge on any atom is -0.334 e. The van der Waals surface area contributed by atoms with Crippen LogP contribution >= 0.6 is 7.26 Å². The van der Waals surface area contributed by atoms with Crippen LogP contribution in [0, 0.1) is 0 Å². The Morgan fingerprint density at radius 2 is 0.588 bits per heavy atom. The van der Waals surface area contributed by atoms with Crippen LogP contribution in [0.25, 0.3) is 0 Å². The van der Waals surface area contributed by atoms with Crippen molar-refractivity contribution >= 4 is 29.7 Å². The second-order valence-corrected chi connectivity index (χ2v) is 16.9. The molecule has 0 unspecified atom stereocenters. The molecule has 6 aromatic carbocycles. The summed E-state index contributed by atoms with van der Waals surface area (Å²) in [5, 5.41) is 2.46. The Balaban J connectivity index is 1.29. The van der Waals surface area contributed by atoms with Gasteiger partial charge in [0.15, 0.2) is 0 Å². The molecule has 256 valence electrons. The highest BCUT2D eigenvalue weighted by molar-refractivity contribution is 7.89. The van der Waals surface area contributed by atoms with E-state index in [2.05, 4.69) is 97.1 Å². The molecule has 5 heteroatoms. The van der Waals surface area contributed by atoms with Gasteiger partial charge in [0.2, 0.25) is 11.8 Å². The van der Waals surface area contributed by atoms with Gasteiger partial charge in [0.25, 0.3) is 0 Å². The van der Waals surface area contributed by atoms with Crippen LogP contribution in [0.3, 0.4) is 0 Å². The molecule has 0 saturated heterocycles. The van der Waals surface area contributed by atoms with Crippen LogP contribution in [0.2, 0.25) is 0 Å². The monoisotopic (exact) mass is 689 g/mol. The van der Waals surface area contributed by atoms with Crippen molar-refractivity contribution < 1.29 is 9.59 Å². The smallest absolute Gasteiger partial charge is 0.226 e. The third-order valence-electron chi connectivity index (χ3n) is 9.49. The second-order valence-electron chi connectivity index (χ2n) is 13.0. The fourth-order valence-electron chi connectivity index (χ4n) is 6.77. The van der Waals surface area contributed by atoms with Gasteiger partial charge >= 0.3 is 0 Å². The van der Waals surface area contributed by atoms with Gasteiger partial charge < -0.3 is 9.80 Å². The van der Waals surface area contributed by atoms with Crippen molar-refractivity contribution in [2.24, 2.45) is 0 Å². The van der Waals surface area contributed by atoms with Gasteiger partial charge in [0, 0.05) is 26.2 Å². The van der Waals surface area contributed by atoms with Gasteiger partial charge in [-0.15, -0.1) is 0 Å². The average molecular weight is 690 g/mol. The number of benzene rings is 6. The minimum absolute atomic E-state index is 0.125. The molecule has 0 aliphatic carbocycles. The Bertz CT molecular complexity index is 1700. The molecular weight excluding hydrogens is 643 g/mol. The van der Waals surface area contributed by atoms with Gasteiger partial charge in [0.1, 0.15) is 0 Å². The maximum absolute atomic E-state index is 14.4. The molecule has 0 fully saturated rings. The Kier molecular flexibility index (Phi) is 12.6. The minimum atomic E-state index is -2.21. The summed E-state index contributed by atoms with van der Waals surface area (Å²) in [6.45, 7) is 2.18. The van der Waals surface area contributed by atoms with Gasteiger partial charge in [-0.1, -0.05) is 158 Å². The first kappa shape index (κ1) is 35.5. The van der Waals surface area contributed by atoms with Crippen LogP contribution in [0.5, 0.6) is 0 Å². The molecule has 0 heterocycles. The first-order chi connectivity index (χ1) is 25.1. The molecule has 0 saturated carbocycles. The summed E-state index contributed by atoms with van der Waals surface area (Å²) in [6, 6.07) is 62.1. The molecule has 0 radical (unpaired) electrons. The van der Waals surface area contributed by atoms with Gasteiger partial charge in [0.05, 0.1) is 43.0 Å². The lowest BCUT2D eigenvalue weighted by Gasteiger charge is -2.30. The van der Waals surface area contributed by atoms with Gasteiger partial charge in [-0.3, -0.25) is 9.59 Å². The lowest BCUT2D eigenvalue weighted by atomic mass is 10.1. The van der Waals surface area contributed by atoms with Crippen molar-refractivity contribution in [3.8, 4) is 0 Å². The molecule has 4 nitrogen and oxygen atoms in total. The molecule has 0 aliphatic heterocycles. The van der Waals surface area contributed by atoms with E-state index in [1.807, 2.05) is 94.7 Å². The lowest BCUT2D eigenvalue weighted by molar-refractivity contribution is -0.132. The van der Waals surface area contributed by atoms with Crippen molar-refractivity contribution in [1.29, 1.82) is 0 Å². The summed E-state index contributed by atoms with van der Waals surface area (Å²) in [5.74, 6) is 0.250. The summed E-state index contributed by atoms with van der Waals surface area (Å²) in [7, 11) is -2.21. The third kappa shape index (κ3) is 9.90. The zero-order valence-electron chi connectivity index (χ0n) is 29.1. The Morgan fingerprint density at radius 1 is 0.353 bits per heavy atom. The molecule has 0 atom stereocenters. The van der Waals surface area contributed by atoms with E-state index in [0.29, 0.717) is 51.3 Å². The molecule has 2 amide bonds. The fourth-order valence-corrected chi connectivity index (χ4v) is 11.0. The Labute approximate surface area is 303 Å². The van der Waals surface area contributed by atoms with Crippen LogP contribution in [0.1, 0.15) is 35.1 Å². The lowest BCUT2D eigenvalue weighted by Crippen LogP contribution is -2.35. The van der Waals surface area contributed by atoms with Crippen molar-refractivity contribution in [3.05, 3.63) is 204 Å². The number of hydrogen-bond donors (Lipinski definition) is 0. The van der Waals surface area contributed by atoms with E-state index in [1.54, 1.807) is 0 Å². The summed E-state index contributed by atoms with van der Waals surface area (Å²) in [5.41, 5.74) is 4.43. The molecular formula is C46H46N2O2P+. The fraction of sp³-hybridized carbons (Fsp3) is 0.174. The van der Waals surface area contributed by atoms with Gasteiger partial charge in [-0.2, -0.15) is 0 Å². The van der Waals surface area contributed by atoms with E-state index in [-0.39, 0.29) is 11.8 Å². The predicted molar refractivity (Wildman–Crippen MR) is 212 cm³/mol. The number of amides is 2. The molecule has 0 aromatic heterocycles. The van der Waals surface area contributed by atoms with Crippen LogP contribution in [-0.4, -0.2) is 33.9 Å². The zero-order valence-corrected chi connectivity index (χ0v) is 30.0. The highest BCUT2D eigenvalue weighted by Crippen LogP contribution is 2.57. The van der Waals surface area contributed by atoms with Gasteiger partial charge in [-0.25, -0.2) is 0 Å². The molecule has 51 heavy (non-hydrogen) atoms. The van der Waals surface area contributed by atoms with Gasteiger partial charge in [-0.05, 0) is 46.5 Å². The Hall–Kier alpha value is -5.31. The molecule has 0 bridgehead atoms. The third-order valence-corrected chi connectivity index (χ3v) is 14.0. The van der Waals surface area contributed by atoms with Crippen LogP contribution in [0.4, 0.5) is 0 Å². The second kappa shape index (κ2) is 18.1. The zero-order chi connectivity index (χ0) is 35.1. The van der Waals surface area contributed by atoms with E-state index < -0.39 is 7.26 Å². The van der Waals surface area contributed by atoms with E-state index in [9.17, 15) is 9.59 Å². The molecule has 0 spiro atoms. The molecule has 0 aliphatic rings. The van der Waals surface area contributed by atoms with Crippen LogP contribution in [-0.2, 0) is 35.8 Å². The van der Waals surface area contributed by atoms with Crippen LogP contribution < -0.4 is 10.6 Å². The normalized spacial score (nSPS) is 11.1. The maximum Gasteiger partial charge on any atom is 0.226 e. The van der Waals surface area contributed by atoms with Crippen molar-refractivity contribution in [2.45, 2.75) is 39.0 Å². The summed E-state index contributed by atoms with van der Waals surface area (Å²) >= 11 is 0. The van der Waals surface area contributed by atoms with Crippen LogP contribution in [0.15, 0.2) is 182 Å². The number of hydrogen-bond acceptors (Lipinski definition) is 2. The maximum atomic E-state index is 14.4. The SMILES string of the molecule is O=C(CC[P+](CCC(=O)N(Cc1ccccc1)Cc1ccccc1)(c1ccccc1)c1ccccc1)N(Cc1ccccc1)Cc1ccccc1. The highest BCUT2D eigenvalue weighted by atomic mass is 31.2. The molecule has 0 N–H and O–H groups in total. The Morgan fingerprint density at radius 3 is 0.843 bits per heavy atom. The first-order valence-electron chi connectivity index (χ1n) is 17.8. The number of rotatable bonds is 16.